The number of thiazole rings is 1. The molecule has 0 saturated heterocycles. The molecule has 0 spiro atoms. The van der Waals surface area contributed by atoms with E-state index in [9.17, 15) is 14.7 Å². The molecule has 0 saturated carbocycles. The van der Waals surface area contributed by atoms with Gasteiger partial charge in [-0.3, -0.25) is 9.59 Å². The van der Waals surface area contributed by atoms with Crippen molar-refractivity contribution in [1.82, 2.24) is 4.98 Å². The van der Waals surface area contributed by atoms with Crippen molar-refractivity contribution in [1.29, 1.82) is 0 Å². The second-order valence-corrected chi connectivity index (χ2v) is 19.7. The van der Waals surface area contributed by atoms with Crippen molar-refractivity contribution in [2.75, 3.05) is 0 Å². The largest absolute Gasteiger partial charge is 0.457 e. The van der Waals surface area contributed by atoms with Crippen LogP contribution in [0.15, 0.2) is 34.8 Å². The summed E-state index contributed by atoms with van der Waals surface area (Å²) in [5.41, 5.74) is 1.87. The van der Waals surface area contributed by atoms with E-state index in [1.807, 2.05) is 65.2 Å². The molecule has 1 aliphatic rings. The number of aromatic nitrogens is 1. The van der Waals surface area contributed by atoms with E-state index in [0.717, 1.165) is 21.8 Å². The lowest BCUT2D eigenvalue weighted by molar-refractivity contribution is -0.153. The van der Waals surface area contributed by atoms with Crippen LogP contribution in [0.2, 0.25) is 18.1 Å². The third-order valence-corrected chi connectivity index (χ3v) is 14.1. The molecule has 0 fully saturated rings. The number of carbonyl (C=O) groups excluding carboxylic acids is 2. The van der Waals surface area contributed by atoms with E-state index in [2.05, 4.69) is 44.9 Å². The molecular weight excluding hydrogens is 551 g/mol. The molecule has 230 valence electrons. The minimum Gasteiger partial charge on any atom is -0.457 e. The molecule has 1 aromatic heterocycles. The third kappa shape index (κ3) is 9.57. The minimum absolute atomic E-state index is 0.0498. The van der Waals surface area contributed by atoms with E-state index in [1.165, 1.54) is 0 Å². The van der Waals surface area contributed by atoms with Crippen molar-refractivity contribution in [3.8, 4) is 0 Å². The molecule has 1 unspecified atom stereocenters. The van der Waals surface area contributed by atoms with Gasteiger partial charge in [-0.05, 0) is 57.0 Å². The summed E-state index contributed by atoms with van der Waals surface area (Å²) in [5.74, 6) is -1.34. The standard InChI is InChI=1S/C33H53NO5SSi/c1-21-14-13-15-22(2)30(36)24(4)31(37)33(9,10)28(39-41(11,12)32(6,7)8)19-29(35)38-27(17-16-21)23(3)18-26-20-40-25(5)34-26/h13,15-16,18,20,22,24,27-28,30,36H,14,17,19H2,1-12H3/b15-13-,21-16-,23-18+/t22-,24+,27-,28?,30-/m0/s1. The first kappa shape index (κ1) is 35.3. The van der Waals surface area contributed by atoms with Gasteiger partial charge in [-0.2, -0.15) is 0 Å². The fourth-order valence-corrected chi connectivity index (χ4v) is 6.78. The molecule has 0 aromatic carbocycles. The van der Waals surface area contributed by atoms with E-state index < -0.39 is 43.9 Å². The van der Waals surface area contributed by atoms with E-state index in [0.29, 0.717) is 12.8 Å². The second kappa shape index (κ2) is 14.1. The van der Waals surface area contributed by atoms with Crippen molar-refractivity contribution >= 4 is 37.5 Å². The smallest absolute Gasteiger partial charge is 0.309 e. The maximum Gasteiger partial charge on any atom is 0.309 e. The number of ketones is 1. The average molecular weight is 604 g/mol. The highest BCUT2D eigenvalue weighted by Crippen LogP contribution is 2.42. The van der Waals surface area contributed by atoms with Crippen molar-refractivity contribution < 1.29 is 23.9 Å². The number of aliphatic hydroxyl groups is 1. The highest BCUT2D eigenvalue weighted by Gasteiger charge is 2.48. The van der Waals surface area contributed by atoms with Crippen LogP contribution in [0.4, 0.5) is 0 Å². The number of allylic oxidation sites excluding steroid dienone is 2. The van der Waals surface area contributed by atoms with Gasteiger partial charge in [0.25, 0.3) is 0 Å². The Morgan fingerprint density at radius 3 is 2.41 bits per heavy atom. The number of aryl methyl sites for hydroxylation is 1. The summed E-state index contributed by atoms with van der Waals surface area (Å²) in [6.45, 7) is 24.1. The van der Waals surface area contributed by atoms with Crippen LogP contribution in [0.25, 0.3) is 6.08 Å². The average Bonchev–Trinajstić information content (AvgIpc) is 3.27. The highest BCUT2D eigenvalue weighted by molar-refractivity contribution is 7.09. The molecule has 1 N–H and O–H groups in total. The van der Waals surface area contributed by atoms with Crippen LogP contribution in [0.5, 0.6) is 0 Å². The first-order valence-corrected chi connectivity index (χ1v) is 18.6. The van der Waals surface area contributed by atoms with Crippen molar-refractivity contribution in [2.24, 2.45) is 17.3 Å². The topological polar surface area (TPSA) is 85.7 Å². The Hall–Kier alpha value is -1.87. The lowest BCUT2D eigenvalue weighted by atomic mass is 9.73. The molecule has 2 heterocycles. The van der Waals surface area contributed by atoms with Crippen LogP contribution < -0.4 is 0 Å². The summed E-state index contributed by atoms with van der Waals surface area (Å²) in [7, 11) is -2.37. The van der Waals surface area contributed by atoms with Crippen molar-refractivity contribution in [3.05, 3.63) is 45.5 Å². The monoisotopic (exact) mass is 603 g/mol. The quantitative estimate of drug-likeness (QED) is 0.213. The van der Waals surface area contributed by atoms with Crippen LogP contribution in [0.1, 0.15) is 92.3 Å². The lowest BCUT2D eigenvalue weighted by Gasteiger charge is -2.44. The molecule has 0 aliphatic carbocycles. The van der Waals surface area contributed by atoms with Crippen LogP contribution >= 0.6 is 11.3 Å². The highest BCUT2D eigenvalue weighted by atomic mass is 32.1. The Morgan fingerprint density at radius 1 is 1.22 bits per heavy atom. The first-order valence-electron chi connectivity index (χ1n) is 14.8. The van der Waals surface area contributed by atoms with Crippen LogP contribution in [0.3, 0.4) is 0 Å². The maximum atomic E-state index is 14.0. The number of hydrogen-bond acceptors (Lipinski definition) is 7. The van der Waals surface area contributed by atoms with Gasteiger partial charge in [-0.1, -0.05) is 72.3 Å². The van der Waals surface area contributed by atoms with E-state index in [4.69, 9.17) is 9.16 Å². The number of rotatable bonds is 4. The van der Waals surface area contributed by atoms with Crippen molar-refractivity contribution in [2.45, 2.75) is 125 Å². The summed E-state index contributed by atoms with van der Waals surface area (Å²) in [6.07, 6.45) is 7.30. The van der Waals surface area contributed by atoms with Gasteiger partial charge in [0.15, 0.2) is 8.32 Å². The lowest BCUT2D eigenvalue weighted by Crippen LogP contribution is -2.52. The van der Waals surface area contributed by atoms with Crippen LogP contribution in [-0.2, 0) is 18.8 Å². The third-order valence-electron chi connectivity index (χ3n) is 8.85. The molecule has 0 radical (unpaired) electrons. The number of cyclic esters (lactones) is 1. The van der Waals surface area contributed by atoms with Crippen LogP contribution in [0, 0.1) is 24.2 Å². The Bertz CT molecular complexity index is 1160. The Kier molecular flexibility index (Phi) is 12.1. The zero-order chi connectivity index (χ0) is 31.3. The van der Waals surface area contributed by atoms with Crippen molar-refractivity contribution in [3.63, 3.8) is 0 Å². The van der Waals surface area contributed by atoms with Gasteiger partial charge in [-0.15, -0.1) is 11.3 Å². The Labute approximate surface area is 253 Å². The normalized spacial score (nSPS) is 29.9. The van der Waals surface area contributed by atoms with Gasteiger partial charge in [0.05, 0.1) is 29.3 Å². The van der Waals surface area contributed by atoms with E-state index in [1.54, 1.807) is 18.3 Å². The van der Waals surface area contributed by atoms with Gasteiger partial charge in [0.1, 0.15) is 11.9 Å². The van der Waals surface area contributed by atoms with E-state index in [-0.39, 0.29) is 23.2 Å². The molecule has 0 bridgehead atoms. The Balaban J connectivity index is 2.57. The fourth-order valence-electron chi connectivity index (χ4n) is 4.76. The van der Waals surface area contributed by atoms with Gasteiger partial charge >= 0.3 is 5.97 Å². The van der Waals surface area contributed by atoms with Gasteiger partial charge in [-0.25, -0.2) is 4.98 Å². The number of nitrogens with zero attached hydrogens (tertiary/aromatic N) is 1. The summed E-state index contributed by atoms with van der Waals surface area (Å²) < 4.78 is 13.0. The molecule has 8 heteroatoms. The SMILES string of the molecule is C/C1=C/C[C@@H](/C(C)=C/c2csc(C)n2)OC(=O)CC(O[Si](C)(C)C(C)(C)C)C(C)(C)C(=O)[C@H](C)[C@@H](O)[C@@H](C)/C=C\C1. The molecule has 1 aromatic rings. The minimum atomic E-state index is -2.37. The van der Waals surface area contributed by atoms with Gasteiger partial charge in [0.2, 0.25) is 0 Å². The summed E-state index contributed by atoms with van der Waals surface area (Å²) in [5, 5.41) is 14.0. The van der Waals surface area contributed by atoms with E-state index >= 15 is 0 Å². The zero-order valence-corrected chi connectivity index (χ0v) is 29.1. The number of hydrogen-bond donors (Lipinski definition) is 1. The number of aliphatic hydroxyl groups excluding tert-OH is 1. The number of Topliss-reactive ketones (excluding diaryl/α,β-unsaturated/α-hetero) is 1. The number of ether oxygens (including phenoxy) is 1. The number of carbonyl (C=O) groups is 2. The molecule has 1 aliphatic heterocycles. The molecule has 0 amide bonds. The fraction of sp³-hybridized carbons (Fsp3) is 0.667. The summed E-state index contributed by atoms with van der Waals surface area (Å²) in [4.78, 5) is 32.2. The molecule has 41 heavy (non-hydrogen) atoms. The predicted molar refractivity (Wildman–Crippen MR) is 172 cm³/mol. The first-order chi connectivity index (χ1) is 18.8. The molecule has 6 nitrogen and oxygen atoms in total. The molecular formula is C33H53NO5SSi. The predicted octanol–water partition coefficient (Wildman–Crippen LogP) is 8.07. The second-order valence-electron chi connectivity index (χ2n) is 13.9. The van der Waals surface area contributed by atoms with Gasteiger partial charge < -0.3 is 14.3 Å². The van der Waals surface area contributed by atoms with Crippen LogP contribution in [-0.4, -0.2) is 48.5 Å². The maximum absolute atomic E-state index is 14.0. The summed E-state index contributed by atoms with van der Waals surface area (Å²) >= 11 is 1.58. The summed E-state index contributed by atoms with van der Waals surface area (Å²) in [6, 6.07) is 0. The molecule has 2 rings (SSSR count). The zero-order valence-electron chi connectivity index (χ0n) is 27.3. The van der Waals surface area contributed by atoms with Gasteiger partial charge in [0, 0.05) is 29.1 Å². The molecule has 5 atom stereocenters. The number of esters is 1. The Morgan fingerprint density at radius 2 is 1.85 bits per heavy atom.